The quantitative estimate of drug-likeness (QED) is 0.727. The number of fused-ring (bicyclic) bond motifs is 1. The molecule has 0 unspecified atom stereocenters. The maximum atomic E-state index is 12.6. The monoisotopic (exact) mass is 348 g/mol. The van der Waals surface area contributed by atoms with E-state index >= 15 is 0 Å². The van der Waals surface area contributed by atoms with Crippen molar-refractivity contribution < 1.29 is 9.53 Å². The molecule has 1 aromatic heterocycles. The van der Waals surface area contributed by atoms with Crippen LogP contribution in [0.25, 0.3) is 11.1 Å². The average Bonchev–Trinajstić information content (AvgIpc) is 3.07. The van der Waals surface area contributed by atoms with Crippen LogP contribution in [-0.4, -0.2) is 38.7 Å². The Morgan fingerprint density at radius 1 is 1.04 bits per heavy atom. The van der Waals surface area contributed by atoms with Gasteiger partial charge in [0.05, 0.1) is 6.54 Å². The van der Waals surface area contributed by atoms with Gasteiger partial charge >= 0.3 is 0 Å². The Kier molecular flexibility index (Phi) is 4.39. The first kappa shape index (κ1) is 16.3. The SMILES string of the molecule is Cc1nnc2n1CCN(C(=O)COc1ccccc1-c1ccccc1)C2. The van der Waals surface area contributed by atoms with E-state index in [0.717, 1.165) is 29.3 Å². The fraction of sp³-hybridized carbons (Fsp3) is 0.250. The van der Waals surface area contributed by atoms with E-state index in [9.17, 15) is 4.79 Å². The van der Waals surface area contributed by atoms with E-state index < -0.39 is 0 Å². The van der Waals surface area contributed by atoms with Crippen molar-refractivity contribution in [3.63, 3.8) is 0 Å². The van der Waals surface area contributed by atoms with Crippen molar-refractivity contribution in [3.8, 4) is 16.9 Å². The van der Waals surface area contributed by atoms with Crippen LogP contribution in [0.3, 0.4) is 0 Å². The molecule has 26 heavy (non-hydrogen) atoms. The summed E-state index contributed by atoms with van der Waals surface area (Å²) in [6.45, 7) is 3.78. The van der Waals surface area contributed by atoms with E-state index in [-0.39, 0.29) is 12.5 Å². The summed E-state index contributed by atoms with van der Waals surface area (Å²) in [5.41, 5.74) is 2.05. The largest absolute Gasteiger partial charge is 0.483 e. The van der Waals surface area contributed by atoms with Gasteiger partial charge in [0.15, 0.2) is 12.4 Å². The van der Waals surface area contributed by atoms with Gasteiger partial charge in [0.2, 0.25) is 0 Å². The summed E-state index contributed by atoms with van der Waals surface area (Å²) in [6.07, 6.45) is 0. The highest BCUT2D eigenvalue weighted by molar-refractivity contribution is 5.78. The molecule has 2 aromatic carbocycles. The topological polar surface area (TPSA) is 60.2 Å². The molecule has 132 valence electrons. The van der Waals surface area contributed by atoms with Gasteiger partial charge in [-0.15, -0.1) is 10.2 Å². The molecule has 6 heteroatoms. The normalized spacial score (nSPS) is 13.3. The Morgan fingerprint density at radius 3 is 2.65 bits per heavy atom. The molecule has 0 saturated heterocycles. The summed E-state index contributed by atoms with van der Waals surface area (Å²) >= 11 is 0. The fourth-order valence-corrected chi connectivity index (χ4v) is 3.20. The van der Waals surface area contributed by atoms with Gasteiger partial charge in [-0.3, -0.25) is 4.79 Å². The van der Waals surface area contributed by atoms with Crippen LogP contribution < -0.4 is 4.74 Å². The number of nitrogens with zero attached hydrogens (tertiary/aromatic N) is 4. The number of rotatable bonds is 4. The number of hydrogen-bond donors (Lipinski definition) is 0. The van der Waals surface area contributed by atoms with E-state index in [1.165, 1.54) is 0 Å². The van der Waals surface area contributed by atoms with Crippen molar-refractivity contribution in [3.05, 3.63) is 66.2 Å². The lowest BCUT2D eigenvalue weighted by Crippen LogP contribution is -2.41. The number of carbonyl (C=O) groups is 1. The van der Waals surface area contributed by atoms with Crippen LogP contribution in [0.15, 0.2) is 54.6 Å². The molecule has 0 radical (unpaired) electrons. The van der Waals surface area contributed by atoms with Crippen molar-refractivity contribution in [2.45, 2.75) is 20.0 Å². The molecule has 0 aliphatic carbocycles. The van der Waals surface area contributed by atoms with Gasteiger partial charge in [-0.1, -0.05) is 48.5 Å². The maximum Gasteiger partial charge on any atom is 0.260 e. The predicted octanol–water partition coefficient (Wildman–Crippen LogP) is 2.67. The van der Waals surface area contributed by atoms with Gasteiger partial charge in [-0.25, -0.2) is 0 Å². The molecule has 1 amide bonds. The molecule has 0 bridgehead atoms. The number of benzene rings is 2. The fourth-order valence-electron chi connectivity index (χ4n) is 3.20. The third-order valence-corrected chi connectivity index (χ3v) is 4.61. The van der Waals surface area contributed by atoms with Gasteiger partial charge in [-0.2, -0.15) is 0 Å². The number of aryl methyl sites for hydroxylation is 1. The number of ether oxygens (including phenoxy) is 1. The molecule has 2 heterocycles. The van der Waals surface area contributed by atoms with Crippen molar-refractivity contribution in [2.24, 2.45) is 0 Å². The summed E-state index contributed by atoms with van der Waals surface area (Å²) < 4.78 is 7.92. The Hall–Kier alpha value is -3.15. The molecule has 0 N–H and O–H groups in total. The van der Waals surface area contributed by atoms with Crippen molar-refractivity contribution in [1.29, 1.82) is 0 Å². The number of aromatic nitrogens is 3. The van der Waals surface area contributed by atoms with Crippen molar-refractivity contribution in [1.82, 2.24) is 19.7 Å². The van der Waals surface area contributed by atoms with E-state index in [1.54, 1.807) is 4.90 Å². The molecule has 1 aliphatic heterocycles. The van der Waals surface area contributed by atoms with Gasteiger partial charge in [-0.05, 0) is 18.6 Å². The molecule has 1 aliphatic rings. The third kappa shape index (κ3) is 3.18. The van der Waals surface area contributed by atoms with Crippen LogP contribution in [0.1, 0.15) is 11.6 Å². The highest BCUT2D eigenvalue weighted by Crippen LogP contribution is 2.29. The second kappa shape index (κ2) is 7.00. The lowest BCUT2D eigenvalue weighted by molar-refractivity contribution is -0.134. The van der Waals surface area contributed by atoms with E-state index in [0.29, 0.717) is 18.8 Å². The predicted molar refractivity (Wildman–Crippen MR) is 97.5 cm³/mol. The maximum absolute atomic E-state index is 12.6. The molecular weight excluding hydrogens is 328 g/mol. The molecule has 0 saturated carbocycles. The number of para-hydroxylation sites is 1. The molecule has 0 atom stereocenters. The second-order valence-corrected chi connectivity index (χ2v) is 6.28. The number of amides is 1. The molecular formula is C20H20N4O2. The Balaban J connectivity index is 1.44. The summed E-state index contributed by atoms with van der Waals surface area (Å²) in [6, 6.07) is 17.8. The second-order valence-electron chi connectivity index (χ2n) is 6.28. The number of hydrogen-bond acceptors (Lipinski definition) is 4. The lowest BCUT2D eigenvalue weighted by atomic mass is 10.1. The summed E-state index contributed by atoms with van der Waals surface area (Å²) in [7, 11) is 0. The average molecular weight is 348 g/mol. The smallest absolute Gasteiger partial charge is 0.260 e. The molecule has 0 fully saturated rings. The highest BCUT2D eigenvalue weighted by atomic mass is 16.5. The minimum Gasteiger partial charge on any atom is -0.483 e. The molecule has 6 nitrogen and oxygen atoms in total. The Labute approximate surface area is 152 Å². The Morgan fingerprint density at radius 2 is 1.81 bits per heavy atom. The van der Waals surface area contributed by atoms with E-state index in [4.69, 9.17) is 4.74 Å². The van der Waals surface area contributed by atoms with Gasteiger partial charge in [0.25, 0.3) is 5.91 Å². The van der Waals surface area contributed by atoms with Gasteiger partial charge in [0, 0.05) is 18.7 Å². The van der Waals surface area contributed by atoms with Gasteiger partial charge < -0.3 is 14.2 Å². The molecule has 0 spiro atoms. The molecule has 4 rings (SSSR count). The van der Waals surface area contributed by atoms with Crippen LogP contribution in [0.5, 0.6) is 5.75 Å². The van der Waals surface area contributed by atoms with Crippen molar-refractivity contribution in [2.75, 3.05) is 13.2 Å². The number of carbonyl (C=O) groups excluding carboxylic acids is 1. The summed E-state index contributed by atoms with van der Waals surface area (Å²) in [5, 5.41) is 8.21. The van der Waals surface area contributed by atoms with Crippen LogP contribution in [0, 0.1) is 6.92 Å². The first-order valence-corrected chi connectivity index (χ1v) is 8.66. The highest BCUT2D eigenvalue weighted by Gasteiger charge is 2.23. The zero-order chi connectivity index (χ0) is 17.9. The summed E-state index contributed by atoms with van der Waals surface area (Å²) in [5.74, 6) is 2.38. The van der Waals surface area contributed by atoms with Gasteiger partial charge in [0.1, 0.15) is 11.6 Å². The summed E-state index contributed by atoms with van der Waals surface area (Å²) in [4.78, 5) is 14.4. The minimum absolute atomic E-state index is 0.0109. The Bertz CT molecular complexity index is 921. The lowest BCUT2D eigenvalue weighted by Gasteiger charge is -2.27. The van der Waals surface area contributed by atoms with E-state index in [2.05, 4.69) is 14.8 Å². The first-order valence-electron chi connectivity index (χ1n) is 8.66. The minimum atomic E-state index is -0.0419. The van der Waals surface area contributed by atoms with Crippen molar-refractivity contribution >= 4 is 5.91 Å². The standard InChI is InChI=1S/C20H20N4O2/c1-15-21-22-19-13-23(11-12-24(15)19)20(25)14-26-18-10-6-5-9-17(18)16-7-3-2-4-8-16/h2-10H,11-14H2,1H3. The van der Waals surface area contributed by atoms with E-state index in [1.807, 2.05) is 61.5 Å². The zero-order valence-corrected chi connectivity index (χ0v) is 14.6. The van der Waals surface area contributed by atoms with Crippen LogP contribution in [0.4, 0.5) is 0 Å². The van der Waals surface area contributed by atoms with Crippen LogP contribution in [0.2, 0.25) is 0 Å². The first-order chi connectivity index (χ1) is 12.7. The third-order valence-electron chi connectivity index (χ3n) is 4.61. The molecule has 3 aromatic rings. The zero-order valence-electron chi connectivity index (χ0n) is 14.6. The van der Waals surface area contributed by atoms with Crippen LogP contribution >= 0.6 is 0 Å². The van der Waals surface area contributed by atoms with Crippen LogP contribution in [-0.2, 0) is 17.9 Å².